The minimum Gasteiger partial charge on any atom is -0.309 e. The van der Waals surface area contributed by atoms with Crippen molar-refractivity contribution < 1.29 is 8.42 Å². The highest BCUT2D eigenvalue weighted by molar-refractivity contribution is 7.90. The first-order valence-electron chi connectivity index (χ1n) is 7.07. The lowest BCUT2D eigenvalue weighted by Gasteiger charge is -2.25. The number of hydrogen-bond acceptors (Lipinski definition) is 4. The minimum atomic E-state index is -2.90. The lowest BCUT2D eigenvalue weighted by Crippen LogP contribution is -2.35. The first-order chi connectivity index (χ1) is 9.42. The molecule has 0 saturated heterocycles. The number of nitrogens with one attached hydrogen (secondary N) is 1. The molecular formula is C15H26N2O2S. The van der Waals surface area contributed by atoms with Crippen LogP contribution in [-0.4, -0.2) is 52.0 Å². The molecule has 1 unspecified atom stereocenters. The highest BCUT2D eigenvalue weighted by Crippen LogP contribution is 2.13. The molecule has 5 heteroatoms. The standard InChI is InChI=1S/C15H26N2O2S/c1-4-10-16-15(14-8-6-5-7-9-14)13-17(2)11-12-20(3,18)19/h5-9,15-16H,4,10-13H2,1-3H3. The van der Waals surface area contributed by atoms with Gasteiger partial charge in [0, 0.05) is 25.4 Å². The van der Waals surface area contributed by atoms with Crippen molar-refractivity contribution >= 4 is 9.84 Å². The Balaban J connectivity index is 2.60. The summed E-state index contributed by atoms with van der Waals surface area (Å²) in [5.74, 6) is 0.207. The van der Waals surface area contributed by atoms with E-state index < -0.39 is 9.84 Å². The molecular weight excluding hydrogens is 272 g/mol. The van der Waals surface area contributed by atoms with Crippen LogP contribution in [0.4, 0.5) is 0 Å². The van der Waals surface area contributed by atoms with Crippen molar-refractivity contribution in [2.24, 2.45) is 0 Å². The van der Waals surface area contributed by atoms with Gasteiger partial charge in [0.15, 0.2) is 0 Å². The Kier molecular flexibility index (Phi) is 7.19. The molecule has 4 nitrogen and oxygen atoms in total. The first kappa shape index (κ1) is 17.1. The van der Waals surface area contributed by atoms with Crippen molar-refractivity contribution in [2.75, 3.05) is 38.7 Å². The van der Waals surface area contributed by atoms with Gasteiger partial charge in [0.05, 0.1) is 5.75 Å². The fraction of sp³-hybridized carbons (Fsp3) is 0.600. The maximum absolute atomic E-state index is 11.2. The second kappa shape index (κ2) is 8.39. The Morgan fingerprint density at radius 2 is 1.90 bits per heavy atom. The smallest absolute Gasteiger partial charge is 0.148 e. The van der Waals surface area contributed by atoms with E-state index in [0.29, 0.717) is 6.54 Å². The third-order valence-electron chi connectivity index (χ3n) is 3.18. The largest absolute Gasteiger partial charge is 0.309 e. The van der Waals surface area contributed by atoms with Crippen LogP contribution in [0.25, 0.3) is 0 Å². The predicted octanol–water partition coefficient (Wildman–Crippen LogP) is 1.70. The van der Waals surface area contributed by atoms with Crippen molar-refractivity contribution in [3.63, 3.8) is 0 Å². The number of benzene rings is 1. The van der Waals surface area contributed by atoms with Gasteiger partial charge >= 0.3 is 0 Å². The van der Waals surface area contributed by atoms with Gasteiger partial charge in [-0.2, -0.15) is 0 Å². The topological polar surface area (TPSA) is 49.4 Å². The van der Waals surface area contributed by atoms with Crippen LogP contribution in [0.5, 0.6) is 0 Å². The molecule has 1 aromatic rings. The van der Waals surface area contributed by atoms with Crippen molar-refractivity contribution in [1.82, 2.24) is 10.2 Å². The van der Waals surface area contributed by atoms with Crippen LogP contribution in [0.3, 0.4) is 0 Å². The average molecular weight is 298 g/mol. The van der Waals surface area contributed by atoms with E-state index in [0.717, 1.165) is 19.5 Å². The highest BCUT2D eigenvalue weighted by atomic mass is 32.2. The van der Waals surface area contributed by atoms with Gasteiger partial charge in [-0.1, -0.05) is 37.3 Å². The van der Waals surface area contributed by atoms with Crippen molar-refractivity contribution in [2.45, 2.75) is 19.4 Å². The van der Waals surface area contributed by atoms with Gasteiger partial charge in [-0.15, -0.1) is 0 Å². The molecule has 0 radical (unpaired) electrons. The van der Waals surface area contributed by atoms with Crippen molar-refractivity contribution in [3.8, 4) is 0 Å². The second-order valence-electron chi connectivity index (χ2n) is 5.31. The zero-order chi connectivity index (χ0) is 15.0. The molecule has 0 aliphatic heterocycles. The highest BCUT2D eigenvalue weighted by Gasteiger charge is 2.14. The molecule has 0 bridgehead atoms. The maximum atomic E-state index is 11.2. The van der Waals surface area contributed by atoms with Gasteiger partial charge in [0.1, 0.15) is 9.84 Å². The van der Waals surface area contributed by atoms with E-state index in [4.69, 9.17) is 0 Å². The van der Waals surface area contributed by atoms with Gasteiger partial charge in [0.25, 0.3) is 0 Å². The zero-order valence-corrected chi connectivity index (χ0v) is 13.5. The summed E-state index contributed by atoms with van der Waals surface area (Å²) in [4.78, 5) is 2.07. The Labute approximate surface area is 123 Å². The molecule has 20 heavy (non-hydrogen) atoms. The van der Waals surface area contributed by atoms with Crippen molar-refractivity contribution in [3.05, 3.63) is 35.9 Å². The lowest BCUT2D eigenvalue weighted by molar-refractivity contribution is 0.304. The third kappa shape index (κ3) is 7.03. The lowest BCUT2D eigenvalue weighted by atomic mass is 10.1. The summed E-state index contributed by atoms with van der Waals surface area (Å²) in [7, 11) is -0.932. The molecule has 0 fully saturated rings. The fourth-order valence-corrected chi connectivity index (χ4v) is 2.66. The molecule has 0 saturated carbocycles. The van der Waals surface area contributed by atoms with Crippen LogP contribution in [0, 0.1) is 0 Å². The van der Waals surface area contributed by atoms with E-state index in [2.05, 4.69) is 29.3 Å². The van der Waals surface area contributed by atoms with Gasteiger partial charge in [-0.3, -0.25) is 0 Å². The van der Waals surface area contributed by atoms with Crippen LogP contribution < -0.4 is 5.32 Å². The maximum Gasteiger partial charge on any atom is 0.148 e. The first-order valence-corrected chi connectivity index (χ1v) is 9.13. The van der Waals surface area contributed by atoms with E-state index in [1.165, 1.54) is 11.8 Å². The Hall–Kier alpha value is -0.910. The SMILES string of the molecule is CCCNC(CN(C)CCS(C)(=O)=O)c1ccccc1. The third-order valence-corrected chi connectivity index (χ3v) is 4.10. The normalized spacial score (nSPS) is 13.6. The summed E-state index contributed by atoms with van der Waals surface area (Å²) in [5, 5.41) is 3.52. The van der Waals surface area contributed by atoms with Crippen LogP contribution in [0.15, 0.2) is 30.3 Å². The fourth-order valence-electron chi connectivity index (χ4n) is 2.02. The summed E-state index contributed by atoms with van der Waals surface area (Å²) in [6.07, 6.45) is 2.36. The van der Waals surface area contributed by atoms with Crippen LogP contribution in [-0.2, 0) is 9.84 Å². The molecule has 0 spiro atoms. The summed E-state index contributed by atoms with van der Waals surface area (Å²) in [6.45, 7) is 4.47. The van der Waals surface area contributed by atoms with Crippen LogP contribution in [0.2, 0.25) is 0 Å². The molecule has 0 aliphatic rings. The van der Waals surface area contributed by atoms with Gasteiger partial charge < -0.3 is 10.2 Å². The van der Waals surface area contributed by atoms with Crippen LogP contribution in [0.1, 0.15) is 24.9 Å². The molecule has 1 atom stereocenters. The second-order valence-corrected chi connectivity index (χ2v) is 7.57. The van der Waals surface area contributed by atoms with E-state index in [1.807, 2.05) is 25.2 Å². The number of nitrogens with zero attached hydrogens (tertiary/aromatic N) is 1. The number of rotatable bonds is 9. The summed E-state index contributed by atoms with van der Waals surface area (Å²) in [5.41, 5.74) is 1.24. The Morgan fingerprint density at radius 3 is 2.45 bits per heavy atom. The minimum absolute atomic E-state index is 0.207. The molecule has 0 aliphatic carbocycles. The number of sulfone groups is 1. The molecule has 1 aromatic carbocycles. The summed E-state index contributed by atoms with van der Waals surface area (Å²) in [6, 6.07) is 10.5. The molecule has 0 amide bonds. The molecule has 1 N–H and O–H groups in total. The molecule has 0 aromatic heterocycles. The zero-order valence-electron chi connectivity index (χ0n) is 12.7. The van der Waals surface area contributed by atoms with Gasteiger partial charge in [0.2, 0.25) is 0 Å². The molecule has 114 valence electrons. The number of likely N-dealkylation sites (N-methyl/N-ethyl adjacent to an activating group) is 1. The predicted molar refractivity (Wildman–Crippen MR) is 84.7 cm³/mol. The Bertz CT molecular complexity index is 474. The Morgan fingerprint density at radius 1 is 1.25 bits per heavy atom. The number of hydrogen-bond donors (Lipinski definition) is 1. The van der Waals surface area contributed by atoms with Crippen molar-refractivity contribution in [1.29, 1.82) is 0 Å². The van der Waals surface area contributed by atoms with E-state index in [-0.39, 0.29) is 11.8 Å². The quantitative estimate of drug-likeness (QED) is 0.754. The molecule has 0 heterocycles. The van der Waals surface area contributed by atoms with E-state index in [1.54, 1.807) is 0 Å². The van der Waals surface area contributed by atoms with E-state index in [9.17, 15) is 8.42 Å². The summed E-state index contributed by atoms with van der Waals surface area (Å²) < 4.78 is 22.4. The van der Waals surface area contributed by atoms with E-state index >= 15 is 0 Å². The average Bonchev–Trinajstić information content (AvgIpc) is 2.41. The van der Waals surface area contributed by atoms with Gasteiger partial charge in [-0.05, 0) is 25.6 Å². The monoisotopic (exact) mass is 298 g/mol. The van der Waals surface area contributed by atoms with Gasteiger partial charge in [-0.25, -0.2) is 8.42 Å². The summed E-state index contributed by atoms with van der Waals surface area (Å²) >= 11 is 0. The van der Waals surface area contributed by atoms with Crippen LogP contribution >= 0.6 is 0 Å². The molecule has 1 rings (SSSR count).